The quantitative estimate of drug-likeness (QED) is 0.812. The van der Waals surface area contributed by atoms with Gasteiger partial charge in [-0.05, 0) is 36.8 Å². The minimum atomic E-state index is -0.379. The van der Waals surface area contributed by atoms with Crippen molar-refractivity contribution >= 4 is 46.6 Å². The second-order valence-corrected chi connectivity index (χ2v) is 7.00. The van der Waals surface area contributed by atoms with Gasteiger partial charge in [0, 0.05) is 21.9 Å². The Kier molecular flexibility index (Phi) is 5.85. The molecule has 0 aromatic heterocycles. The molecule has 2 N–H and O–H groups in total. The van der Waals surface area contributed by atoms with Crippen molar-refractivity contribution in [2.75, 3.05) is 23.0 Å². The van der Waals surface area contributed by atoms with Crippen LogP contribution in [0.5, 0.6) is 0 Å². The number of rotatable bonds is 4. The third kappa shape index (κ3) is 4.39. The van der Waals surface area contributed by atoms with Crippen LogP contribution in [0.3, 0.4) is 0 Å². The molecule has 7 heteroatoms. The average molecular weight is 389 g/mol. The first-order valence-corrected chi connectivity index (χ1v) is 9.40. The number of para-hydroxylation sites is 1. The van der Waals surface area contributed by atoms with E-state index < -0.39 is 0 Å². The molecule has 2 aromatic rings. The Labute approximate surface area is 160 Å². The van der Waals surface area contributed by atoms with Gasteiger partial charge in [-0.15, -0.1) is 11.8 Å². The summed E-state index contributed by atoms with van der Waals surface area (Å²) in [5.41, 5.74) is 2.27. The molecule has 0 bridgehead atoms. The summed E-state index contributed by atoms with van der Waals surface area (Å²) in [5.74, 6) is 0.348. The highest BCUT2D eigenvalue weighted by molar-refractivity contribution is 8.02. The summed E-state index contributed by atoms with van der Waals surface area (Å²) in [5, 5.41) is 7.78. The van der Waals surface area contributed by atoms with Crippen molar-refractivity contribution in [3.05, 3.63) is 69.8 Å². The largest absolute Gasteiger partial charge is 0.487 e. The first kappa shape index (κ1) is 18.4. The van der Waals surface area contributed by atoms with E-state index in [1.165, 1.54) is 11.8 Å². The lowest BCUT2D eigenvalue weighted by molar-refractivity contribution is -0.116. The van der Waals surface area contributed by atoms with Crippen LogP contribution in [0.4, 0.5) is 11.4 Å². The maximum Gasteiger partial charge on any atom is 0.291 e. The Morgan fingerprint density at radius 2 is 1.92 bits per heavy atom. The van der Waals surface area contributed by atoms with E-state index in [0.29, 0.717) is 28.6 Å². The molecular weight excluding hydrogens is 372 g/mol. The molecule has 26 heavy (non-hydrogen) atoms. The molecule has 1 aliphatic rings. The zero-order valence-corrected chi connectivity index (χ0v) is 15.6. The highest BCUT2D eigenvalue weighted by Crippen LogP contribution is 2.23. The molecule has 1 aliphatic heterocycles. The molecular formula is C19H17ClN2O3S. The monoisotopic (exact) mass is 388 g/mol. The molecule has 0 spiro atoms. The Hall–Kier alpha value is -2.44. The zero-order valence-electron chi connectivity index (χ0n) is 14.0. The van der Waals surface area contributed by atoms with Crippen LogP contribution in [0, 0.1) is 6.92 Å². The molecule has 2 amide bonds. The molecule has 0 fully saturated rings. The summed E-state index contributed by atoms with van der Waals surface area (Å²) in [7, 11) is 0. The van der Waals surface area contributed by atoms with Gasteiger partial charge in [-0.3, -0.25) is 9.59 Å². The van der Waals surface area contributed by atoms with E-state index in [4.69, 9.17) is 16.3 Å². The van der Waals surface area contributed by atoms with Gasteiger partial charge in [-0.2, -0.15) is 0 Å². The van der Waals surface area contributed by atoms with Crippen molar-refractivity contribution < 1.29 is 14.3 Å². The van der Waals surface area contributed by atoms with Crippen LogP contribution in [0.15, 0.2) is 53.6 Å². The number of carbonyl (C=O) groups is 2. The van der Waals surface area contributed by atoms with E-state index in [1.54, 1.807) is 41.8 Å². The Balaban J connectivity index is 1.77. The Bertz CT molecular complexity index is 883. The van der Waals surface area contributed by atoms with E-state index in [2.05, 4.69) is 10.6 Å². The number of halogens is 1. The smallest absolute Gasteiger partial charge is 0.291 e. The van der Waals surface area contributed by atoms with Crippen molar-refractivity contribution in [1.29, 1.82) is 0 Å². The van der Waals surface area contributed by atoms with Gasteiger partial charge in [-0.25, -0.2) is 0 Å². The fraction of sp³-hybridized carbons (Fsp3) is 0.158. The van der Waals surface area contributed by atoms with Gasteiger partial charge in [0.15, 0.2) is 5.76 Å². The second-order valence-electron chi connectivity index (χ2n) is 5.62. The third-order valence-electron chi connectivity index (χ3n) is 3.72. The lowest BCUT2D eigenvalue weighted by Crippen LogP contribution is -2.21. The molecule has 0 saturated heterocycles. The van der Waals surface area contributed by atoms with Crippen LogP contribution in [-0.4, -0.2) is 24.2 Å². The normalized spacial score (nSPS) is 13.4. The maximum atomic E-state index is 12.6. The highest BCUT2D eigenvalue weighted by Gasteiger charge is 2.18. The molecule has 0 atom stereocenters. The number of carbonyl (C=O) groups excluding carboxylic acids is 2. The fourth-order valence-electron chi connectivity index (χ4n) is 2.33. The number of hydrogen-bond donors (Lipinski definition) is 2. The highest BCUT2D eigenvalue weighted by atomic mass is 35.5. The van der Waals surface area contributed by atoms with Gasteiger partial charge in [0.2, 0.25) is 0 Å². The summed E-state index contributed by atoms with van der Waals surface area (Å²) in [6.45, 7) is 2.37. The number of thioether (sulfide) groups is 1. The van der Waals surface area contributed by atoms with Gasteiger partial charge in [0.05, 0.1) is 17.9 Å². The lowest BCUT2D eigenvalue weighted by Gasteiger charge is -2.16. The van der Waals surface area contributed by atoms with E-state index in [0.717, 1.165) is 11.3 Å². The van der Waals surface area contributed by atoms with Gasteiger partial charge in [-0.1, -0.05) is 29.8 Å². The summed E-state index contributed by atoms with van der Waals surface area (Å²) < 4.78 is 5.35. The summed E-state index contributed by atoms with van der Waals surface area (Å²) in [6, 6.07) is 12.1. The minimum Gasteiger partial charge on any atom is -0.487 e. The topological polar surface area (TPSA) is 67.4 Å². The van der Waals surface area contributed by atoms with E-state index in [1.807, 2.05) is 13.0 Å². The van der Waals surface area contributed by atoms with E-state index >= 15 is 0 Å². The molecule has 134 valence electrons. The van der Waals surface area contributed by atoms with Crippen LogP contribution in [0.25, 0.3) is 0 Å². The Morgan fingerprint density at radius 3 is 2.65 bits per heavy atom. The van der Waals surface area contributed by atoms with Gasteiger partial charge in [0.25, 0.3) is 11.8 Å². The number of anilines is 2. The number of nitrogens with one attached hydrogen (secondary N) is 2. The minimum absolute atomic E-state index is 0.252. The van der Waals surface area contributed by atoms with Crippen molar-refractivity contribution in [2.45, 2.75) is 6.92 Å². The number of hydrogen-bond acceptors (Lipinski definition) is 4. The average Bonchev–Trinajstić information content (AvgIpc) is 2.66. The van der Waals surface area contributed by atoms with Crippen LogP contribution in [0.2, 0.25) is 5.02 Å². The van der Waals surface area contributed by atoms with E-state index in [9.17, 15) is 9.59 Å². The van der Waals surface area contributed by atoms with E-state index in [-0.39, 0.29) is 17.6 Å². The molecule has 0 saturated carbocycles. The lowest BCUT2D eigenvalue weighted by atomic mass is 10.1. The maximum absolute atomic E-state index is 12.6. The van der Waals surface area contributed by atoms with Crippen LogP contribution in [0.1, 0.15) is 15.9 Å². The molecule has 1 heterocycles. The fourth-order valence-corrected chi connectivity index (χ4v) is 3.13. The Morgan fingerprint density at radius 1 is 1.12 bits per heavy atom. The second kappa shape index (κ2) is 8.29. The zero-order chi connectivity index (χ0) is 18.5. The molecule has 0 unspecified atom stereocenters. The number of aryl methyl sites for hydroxylation is 1. The first-order valence-electron chi connectivity index (χ1n) is 7.97. The molecule has 0 aliphatic carbocycles. The SMILES string of the molecule is Cc1ccc(NC(=O)c2ccccc2NC(=O)C2=CSCCO2)cc1Cl. The number of ether oxygens (including phenoxy) is 1. The summed E-state index contributed by atoms with van der Waals surface area (Å²) >= 11 is 7.62. The molecule has 0 radical (unpaired) electrons. The van der Waals surface area contributed by atoms with Crippen molar-refractivity contribution in [2.24, 2.45) is 0 Å². The van der Waals surface area contributed by atoms with Gasteiger partial charge < -0.3 is 15.4 Å². The summed E-state index contributed by atoms with van der Waals surface area (Å²) in [6.07, 6.45) is 0. The van der Waals surface area contributed by atoms with Gasteiger partial charge in [0.1, 0.15) is 0 Å². The predicted molar refractivity (Wildman–Crippen MR) is 106 cm³/mol. The van der Waals surface area contributed by atoms with Crippen LogP contribution < -0.4 is 10.6 Å². The number of amides is 2. The van der Waals surface area contributed by atoms with Crippen molar-refractivity contribution in [3.8, 4) is 0 Å². The predicted octanol–water partition coefficient (Wildman–Crippen LogP) is 4.44. The molecule has 3 rings (SSSR count). The first-order chi connectivity index (χ1) is 12.5. The van der Waals surface area contributed by atoms with Crippen LogP contribution in [-0.2, 0) is 9.53 Å². The third-order valence-corrected chi connectivity index (χ3v) is 4.91. The van der Waals surface area contributed by atoms with Crippen molar-refractivity contribution in [3.63, 3.8) is 0 Å². The van der Waals surface area contributed by atoms with Crippen molar-refractivity contribution in [1.82, 2.24) is 0 Å². The van der Waals surface area contributed by atoms with Gasteiger partial charge >= 0.3 is 0 Å². The standard InChI is InChI=1S/C19H17ClN2O3S/c1-12-6-7-13(10-15(12)20)21-18(23)14-4-2-3-5-16(14)22-19(24)17-11-26-9-8-25-17/h2-7,10-11H,8-9H2,1H3,(H,21,23)(H,22,24). The van der Waals surface area contributed by atoms with Crippen LogP contribution >= 0.6 is 23.4 Å². The molecule has 5 nitrogen and oxygen atoms in total. The summed E-state index contributed by atoms with van der Waals surface area (Å²) in [4.78, 5) is 24.9. The number of benzene rings is 2. The molecule has 2 aromatic carbocycles.